The molecule has 1 amide bonds. The summed E-state index contributed by atoms with van der Waals surface area (Å²) in [6.45, 7) is 6.10. The fourth-order valence-electron chi connectivity index (χ4n) is 3.88. The predicted molar refractivity (Wildman–Crippen MR) is 152 cm³/mol. The highest BCUT2D eigenvalue weighted by atomic mass is 32.2. The molecule has 38 heavy (non-hydrogen) atoms. The van der Waals surface area contributed by atoms with Crippen molar-refractivity contribution in [2.75, 3.05) is 16.2 Å². The van der Waals surface area contributed by atoms with E-state index in [1.54, 1.807) is 60.7 Å². The maximum absolute atomic E-state index is 13.6. The number of anilines is 2. The van der Waals surface area contributed by atoms with Crippen molar-refractivity contribution in [3.8, 4) is 5.75 Å². The van der Waals surface area contributed by atoms with Gasteiger partial charge in [-0.25, -0.2) is 8.42 Å². The van der Waals surface area contributed by atoms with Gasteiger partial charge in [-0.2, -0.15) is 0 Å². The van der Waals surface area contributed by atoms with Gasteiger partial charge >= 0.3 is 0 Å². The van der Waals surface area contributed by atoms with Gasteiger partial charge in [-0.15, -0.1) is 0 Å². The van der Waals surface area contributed by atoms with Gasteiger partial charge in [0.15, 0.2) is 0 Å². The van der Waals surface area contributed by atoms with E-state index in [1.165, 1.54) is 0 Å². The molecule has 0 aliphatic carbocycles. The van der Waals surface area contributed by atoms with Gasteiger partial charge in [0.1, 0.15) is 18.9 Å². The summed E-state index contributed by atoms with van der Waals surface area (Å²) in [4.78, 5) is 13.2. The second-order valence-corrected chi connectivity index (χ2v) is 11.3. The van der Waals surface area contributed by atoms with Crippen LogP contribution in [0.4, 0.5) is 11.4 Å². The number of nitrogens with zero attached hydrogens (tertiary/aromatic N) is 1. The molecule has 0 atom stereocenters. The quantitative estimate of drug-likeness (QED) is 0.254. The van der Waals surface area contributed by atoms with Crippen molar-refractivity contribution in [2.45, 2.75) is 38.2 Å². The third kappa shape index (κ3) is 6.81. The molecule has 0 saturated heterocycles. The topological polar surface area (TPSA) is 75.7 Å². The van der Waals surface area contributed by atoms with E-state index in [9.17, 15) is 13.2 Å². The Hall–Kier alpha value is -4.10. The van der Waals surface area contributed by atoms with Crippen LogP contribution in [0, 0.1) is 6.92 Å². The van der Waals surface area contributed by atoms with Crippen LogP contribution in [-0.2, 0) is 21.4 Å². The smallest absolute Gasteiger partial charge is 0.264 e. The number of hydrogen-bond acceptors (Lipinski definition) is 4. The highest BCUT2D eigenvalue weighted by Crippen LogP contribution is 2.26. The normalized spacial score (nSPS) is 11.3. The molecule has 4 aromatic rings. The molecule has 6 nitrogen and oxygen atoms in total. The summed E-state index contributed by atoms with van der Waals surface area (Å²) in [6.07, 6.45) is 0. The first kappa shape index (κ1) is 26.9. The van der Waals surface area contributed by atoms with Crippen LogP contribution < -0.4 is 14.4 Å². The average molecular weight is 529 g/mol. The molecule has 0 aromatic heterocycles. The first-order valence-electron chi connectivity index (χ1n) is 12.5. The molecule has 0 radical (unpaired) electrons. The summed E-state index contributed by atoms with van der Waals surface area (Å²) in [5, 5.41) is 2.80. The number of benzene rings is 4. The Balaban J connectivity index is 1.50. The summed E-state index contributed by atoms with van der Waals surface area (Å²) in [5.74, 6) is 0.515. The standard InChI is InChI=1S/C31H32N2O4S/c1-23(2)26-11-15-28(16-12-26)33(38(35,36)30-19-9-24(3)10-20-30)21-31(34)32-27-13-17-29(18-14-27)37-22-25-7-5-4-6-8-25/h4-20,23H,21-22H2,1-3H3,(H,32,34). The minimum atomic E-state index is -3.98. The fraction of sp³-hybridized carbons (Fsp3) is 0.194. The van der Waals surface area contributed by atoms with Crippen molar-refractivity contribution in [2.24, 2.45) is 0 Å². The maximum Gasteiger partial charge on any atom is 0.264 e. The van der Waals surface area contributed by atoms with Crippen LogP contribution in [0.15, 0.2) is 108 Å². The number of sulfonamides is 1. The van der Waals surface area contributed by atoms with Crippen LogP contribution in [0.25, 0.3) is 0 Å². The van der Waals surface area contributed by atoms with Crippen molar-refractivity contribution < 1.29 is 17.9 Å². The SMILES string of the molecule is Cc1ccc(S(=O)(=O)N(CC(=O)Nc2ccc(OCc3ccccc3)cc2)c2ccc(C(C)C)cc2)cc1. The number of carbonyl (C=O) groups excluding carboxylic acids is 1. The molecule has 4 aromatic carbocycles. The Morgan fingerprint density at radius 3 is 2.08 bits per heavy atom. The van der Waals surface area contributed by atoms with E-state index in [4.69, 9.17) is 4.74 Å². The summed E-state index contributed by atoms with van der Waals surface area (Å²) >= 11 is 0. The van der Waals surface area contributed by atoms with E-state index < -0.39 is 15.9 Å². The van der Waals surface area contributed by atoms with Gasteiger partial charge in [0, 0.05) is 5.69 Å². The molecular weight excluding hydrogens is 496 g/mol. The molecule has 1 N–H and O–H groups in total. The minimum Gasteiger partial charge on any atom is -0.489 e. The zero-order valence-corrected chi connectivity index (χ0v) is 22.6. The molecule has 0 fully saturated rings. The lowest BCUT2D eigenvalue weighted by Crippen LogP contribution is -2.38. The van der Waals surface area contributed by atoms with E-state index >= 15 is 0 Å². The minimum absolute atomic E-state index is 0.128. The number of hydrogen-bond donors (Lipinski definition) is 1. The number of rotatable bonds is 10. The summed E-state index contributed by atoms with van der Waals surface area (Å²) < 4.78 is 34.2. The third-order valence-electron chi connectivity index (χ3n) is 6.13. The van der Waals surface area contributed by atoms with Crippen molar-refractivity contribution in [3.05, 3.63) is 120 Å². The Labute approximate surface area is 225 Å². The molecule has 196 valence electrons. The molecule has 7 heteroatoms. The fourth-order valence-corrected chi connectivity index (χ4v) is 5.31. The van der Waals surface area contributed by atoms with Crippen molar-refractivity contribution in [3.63, 3.8) is 0 Å². The summed E-state index contributed by atoms with van der Waals surface area (Å²) in [6, 6.07) is 30.7. The Morgan fingerprint density at radius 2 is 1.47 bits per heavy atom. The van der Waals surface area contributed by atoms with Crippen molar-refractivity contribution in [1.82, 2.24) is 0 Å². The second-order valence-electron chi connectivity index (χ2n) is 9.42. The van der Waals surface area contributed by atoms with Crippen LogP contribution >= 0.6 is 0 Å². The van der Waals surface area contributed by atoms with Gasteiger partial charge in [0.25, 0.3) is 10.0 Å². The van der Waals surface area contributed by atoms with Crippen LogP contribution in [0.5, 0.6) is 5.75 Å². The Morgan fingerprint density at radius 1 is 0.842 bits per heavy atom. The lowest BCUT2D eigenvalue weighted by atomic mass is 10.0. The van der Waals surface area contributed by atoms with Gasteiger partial charge < -0.3 is 10.1 Å². The van der Waals surface area contributed by atoms with Crippen molar-refractivity contribution >= 4 is 27.3 Å². The zero-order chi connectivity index (χ0) is 27.1. The van der Waals surface area contributed by atoms with E-state index in [0.717, 1.165) is 21.0 Å². The number of ether oxygens (including phenoxy) is 1. The van der Waals surface area contributed by atoms with Crippen LogP contribution in [-0.4, -0.2) is 20.9 Å². The highest BCUT2D eigenvalue weighted by Gasteiger charge is 2.27. The summed E-state index contributed by atoms with van der Waals surface area (Å²) in [7, 11) is -3.98. The van der Waals surface area contributed by atoms with Crippen LogP contribution in [0.3, 0.4) is 0 Å². The molecule has 0 heterocycles. The van der Waals surface area contributed by atoms with Gasteiger partial charge in [0.2, 0.25) is 5.91 Å². The molecule has 0 aliphatic heterocycles. The van der Waals surface area contributed by atoms with Crippen LogP contribution in [0.1, 0.15) is 36.5 Å². The highest BCUT2D eigenvalue weighted by molar-refractivity contribution is 7.92. The predicted octanol–water partition coefficient (Wildman–Crippen LogP) is 6.53. The number of carbonyl (C=O) groups is 1. The first-order valence-corrected chi connectivity index (χ1v) is 13.9. The first-order chi connectivity index (χ1) is 18.2. The van der Waals surface area contributed by atoms with Gasteiger partial charge in [0.05, 0.1) is 10.6 Å². The summed E-state index contributed by atoms with van der Waals surface area (Å²) in [5.41, 5.74) is 4.06. The molecule has 0 spiro atoms. The molecule has 0 aliphatic rings. The lowest BCUT2D eigenvalue weighted by molar-refractivity contribution is -0.114. The van der Waals surface area contributed by atoms with Gasteiger partial charge in [-0.05, 0) is 72.5 Å². The molecule has 0 saturated carbocycles. The van der Waals surface area contributed by atoms with E-state index in [2.05, 4.69) is 19.2 Å². The van der Waals surface area contributed by atoms with Gasteiger partial charge in [-0.3, -0.25) is 9.10 Å². The third-order valence-corrected chi connectivity index (χ3v) is 7.92. The Bertz CT molecular complexity index is 1450. The monoisotopic (exact) mass is 528 g/mol. The molecule has 4 rings (SSSR count). The molecular formula is C31H32N2O4S. The lowest BCUT2D eigenvalue weighted by Gasteiger charge is -2.24. The number of amides is 1. The molecule has 0 bridgehead atoms. The largest absolute Gasteiger partial charge is 0.489 e. The average Bonchev–Trinajstić information content (AvgIpc) is 2.92. The second kappa shape index (κ2) is 12.0. The van der Waals surface area contributed by atoms with E-state index in [-0.39, 0.29) is 11.4 Å². The Kier molecular flexibility index (Phi) is 8.48. The maximum atomic E-state index is 13.6. The molecule has 0 unspecified atom stereocenters. The van der Waals surface area contributed by atoms with Crippen LogP contribution in [0.2, 0.25) is 0 Å². The van der Waals surface area contributed by atoms with Crippen molar-refractivity contribution in [1.29, 1.82) is 0 Å². The number of nitrogens with one attached hydrogen (secondary N) is 1. The van der Waals surface area contributed by atoms with E-state index in [1.807, 2.05) is 49.4 Å². The zero-order valence-electron chi connectivity index (χ0n) is 21.8. The van der Waals surface area contributed by atoms with Gasteiger partial charge in [-0.1, -0.05) is 74.0 Å². The van der Waals surface area contributed by atoms with E-state index in [0.29, 0.717) is 29.6 Å². The number of aryl methyl sites for hydroxylation is 1.